The molecule has 2 nitrogen and oxygen atoms in total. The Morgan fingerprint density at radius 3 is 2.81 bits per heavy atom. The molecule has 3 heteroatoms. The molecule has 88 valence electrons. The molecule has 16 heavy (non-hydrogen) atoms. The van der Waals surface area contributed by atoms with E-state index in [2.05, 4.69) is 0 Å². The van der Waals surface area contributed by atoms with E-state index in [1.165, 1.54) is 12.1 Å². The fourth-order valence-corrected chi connectivity index (χ4v) is 1.95. The number of halogens is 1. The lowest BCUT2D eigenvalue weighted by Crippen LogP contribution is -2.33. The molecule has 1 aromatic rings. The average molecular weight is 223 g/mol. The summed E-state index contributed by atoms with van der Waals surface area (Å²) in [6.45, 7) is 3.41. The molecule has 0 aromatic heterocycles. The third-order valence-corrected chi connectivity index (χ3v) is 3.13. The minimum absolute atomic E-state index is 0.225. The van der Waals surface area contributed by atoms with Gasteiger partial charge in [-0.25, -0.2) is 4.39 Å². The molecule has 1 atom stereocenters. The first kappa shape index (κ1) is 11.4. The standard InChI is InChI=1S/C13H18FNO/c1-2-15(9-13(16)10-6-7-10)12-5-3-4-11(14)8-12/h3-5,8,10,13,16H,2,6-7,9H2,1H3. The number of aliphatic hydroxyl groups excluding tert-OH is 1. The van der Waals surface area contributed by atoms with Crippen molar-refractivity contribution < 1.29 is 9.50 Å². The fraction of sp³-hybridized carbons (Fsp3) is 0.538. The summed E-state index contributed by atoms with van der Waals surface area (Å²) in [4.78, 5) is 2.02. The number of hydrogen-bond donors (Lipinski definition) is 1. The lowest BCUT2D eigenvalue weighted by Gasteiger charge is -2.26. The van der Waals surface area contributed by atoms with E-state index in [0.29, 0.717) is 12.5 Å². The zero-order valence-corrected chi connectivity index (χ0v) is 9.56. The Balaban J connectivity index is 2.03. The van der Waals surface area contributed by atoms with E-state index < -0.39 is 0 Å². The van der Waals surface area contributed by atoms with Gasteiger partial charge in [-0.1, -0.05) is 6.07 Å². The van der Waals surface area contributed by atoms with Crippen molar-refractivity contribution in [1.29, 1.82) is 0 Å². The Kier molecular flexibility index (Phi) is 3.44. The molecule has 1 aliphatic carbocycles. The maximum absolute atomic E-state index is 13.1. The highest BCUT2D eigenvalue weighted by Gasteiger charge is 2.30. The molecule has 2 rings (SSSR count). The van der Waals surface area contributed by atoms with Crippen molar-refractivity contribution in [3.63, 3.8) is 0 Å². The first-order valence-corrected chi connectivity index (χ1v) is 5.89. The van der Waals surface area contributed by atoms with Crippen LogP contribution in [0.4, 0.5) is 10.1 Å². The largest absolute Gasteiger partial charge is 0.391 e. The number of hydrogen-bond acceptors (Lipinski definition) is 2. The molecule has 1 aromatic carbocycles. The molecular weight excluding hydrogens is 205 g/mol. The number of anilines is 1. The molecule has 0 amide bonds. The van der Waals surface area contributed by atoms with Crippen molar-refractivity contribution in [2.45, 2.75) is 25.9 Å². The van der Waals surface area contributed by atoms with E-state index in [1.807, 2.05) is 17.9 Å². The summed E-state index contributed by atoms with van der Waals surface area (Å²) in [6.07, 6.45) is 1.98. The molecule has 1 fully saturated rings. The Hall–Kier alpha value is -1.09. The second kappa shape index (κ2) is 4.83. The lowest BCUT2D eigenvalue weighted by molar-refractivity contribution is 0.157. The number of nitrogens with zero attached hydrogens (tertiary/aromatic N) is 1. The summed E-state index contributed by atoms with van der Waals surface area (Å²) >= 11 is 0. The summed E-state index contributed by atoms with van der Waals surface area (Å²) in [5.74, 6) is 0.236. The van der Waals surface area contributed by atoms with Crippen LogP contribution in [-0.4, -0.2) is 24.3 Å². The summed E-state index contributed by atoms with van der Waals surface area (Å²) in [7, 11) is 0. The first-order valence-electron chi connectivity index (χ1n) is 5.89. The van der Waals surface area contributed by atoms with Gasteiger partial charge in [0.2, 0.25) is 0 Å². The third kappa shape index (κ3) is 2.73. The third-order valence-electron chi connectivity index (χ3n) is 3.13. The molecule has 0 saturated heterocycles. The van der Waals surface area contributed by atoms with E-state index in [1.54, 1.807) is 6.07 Å². The van der Waals surface area contributed by atoms with Crippen molar-refractivity contribution >= 4 is 5.69 Å². The number of benzene rings is 1. The van der Waals surface area contributed by atoms with Crippen LogP contribution < -0.4 is 4.90 Å². The highest BCUT2D eigenvalue weighted by atomic mass is 19.1. The van der Waals surface area contributed by atoms with Crippen LogP contribution in [0.15, 0.2) is 24.3 Å². The quantitative estimate of drug-likeness (QED) is 0.828. The Labute approximate surface area is 95.7 Å². The van der Waals surface area contributed by atoms with Gasteiger partial charge in [0.15, 0.2) is 0 Å². The van der Waals surface area contributed by atoms with E-state index >= 15 is 0 Å². The molecule has 1 unspecified atom stereocenters. The average Bonchev–Trinajstić information content (AvgIpc) is 3.09. The highest BCUT2D eigenvalue weighted by Crippen LogP contribution is 2.33. The SMILES string of the molecule is CCN(CC(O)C1CC1)c1cccc(F)c1. The van der Waals surface area contributed by atoms with Gasteiger partial charge in [-0.2, -0.15) is 0 Å². The number of likely N-dealkylation sites (N-methyl/N-ethyl adjacent to an activating group) is 1. The smallest absolute Gasteiger partial charge is 0.125 e. The predicted molar refractivity (Wildman–Crippen MR) is 63.0 cm³/mol. The maximum atomic E-state index is 13.1. The van der Waals surface area contributed by atoms with Gasteiger partial charge < -0.3 is 10.0 Å². The number of rotatable bonds is 5. The Morgan fingerprint density at radius 2 is 2.25 bits per heavy atom. The molecule has 0 bridgehead atoms. The van der Waals surface area contributed by atoms with E-state index in [-0.39, 0.29) is 11.9 Å². The maximum Gasteiger partial charge on any atom is 0.125 e. The van der Waals surface area contributed by atoms with Crippen molar-refractivity contribution in [2.24, 2.45) is 5.92 Å². The second-order valence-corrected chi connectivity index (χ2v) is 4.42. The van der Waals surface area contributed by atoms with Crippen LogP contribution in [0.5, 0.6) is 0 Å². The van der Waals surface area contributed by atoms with Crippen molar-refractivity contribution in [3.05, 3.63) is 30.1 Å². The van der Waals surface area contributed by atoms with Gasteiger partial charge in [-0.3, -0.25) is 0 Å². The Bertz CT molecular complexity index is 352. The monoisotopic (exact) mass is 223 g/mol. The first-order chi connectivity index (χ1) is 7.70. The van der Waals surface area contributed by atoms with Gasteiger partial charge in [0.05, 0.1) is 6.10 Å². The molecule has 0 aliphatic heterocycles. The van der Waals surface area contributed by atoms with Gasteiger partial charge in [0, 0.05) is 18.8 Å². The minimum atomic E-state index is -0.275. The van der Waals surface area contributed by atoms with Gasteiger partial charge in [0.1, 0.15) is 5.82 Å². The zero-order chi connectivity index (χ0) is 11.5. The van der Waals surface area contributed by atoms with Gasteiger partial charge in [0.25, 0.3) is 0 Å². The van der Waals surface area contributed by atoms with Crippen LogP contribution in [0.2, 0.25) is 0 Å². The summed E-state index contributed by atoms with van der Waals surface area (Å²) in [5, 5.41) is 9.89. The van der Waals surface area contributed by atoms with Crippen LogP contribution in [0.3, 0.4) is 0 Å². The van der Waals surface area contributed by atoms with E-state index in [0.717, 1.165) is 25.1 Å². The zero-order valence-electron chi connectivity index (χ0n) is 9.56. The number of aliphatic hydroxyl groups is 1. The molecule has 0 radical (unpaired) electrons. The topological polar surface area (TPSA) is 23.5 Å². The second-order valence-electron chi connectivity index (χ2n) is 4.42. The molecular formula is C13H18FNO. The molecule has 1 N–H and O–H groups in total. The summed E-state index contributed by atoms with van der Waals surface area (Å²) < 4.78 is 13.1. The van der Waals surface area contributed by atoms with Crippen LogP contribution >= 0.6 is 0 Å². The lowest BCUT2D eigenvalue weighted by atomic mass is 10.2. The van der Waals surface area contributed by atoms with Gasteiger partial charge in [-0.05, 0) is 43.9 Å². The minimum Gasteiger partial charge on any atom is -0.391 e. The van der Waals surface area contributed by atoms with Crippen LogP contribution in [-0.2, 0) is 0 Å². The van der Waals surface area contributed by atoms with Crippen LogP contribution in [0.25, 0.3) is 0 Å². The fourth-order valence-electron chi connectivity index (χ4n) is 1.95. The van der Waals surface area contributed by atoms with E-state index in [4.69, 9.17) is 0 Å². The Morgan fingerprint density at radius 1 is 1.50 bits per heavy atom. The van der Waals surface area contributed by atoms with Crippen molar-refractivity contribution in [1.82, 2.24) is 0 Å². The molecule has 0 heterocycles. The molecule has 1 saturated carbocycles. The normalized spacial score (nSPS) is 17.2. The molecule has 1 aliphatic rings. The predicted octanol–water partition coefficient (Wildman–Crippen LogP) is 2.42. The molecule has 0 spiro atoms. The summed E-state index contributed by atoms with van der Waals surface area (Å²) in [6, 6.07) is 6.54. The van der Waals surface area contributed by atoms with Crippen molar-refractivity contribution in [2.75, 3.05) is 18.0 Å². The van der Waals surface area contributed by atoms with E-state index in [9.17, 15) is 9.50 Å². The highest BCUT2D eigenvalue weighted by molar-refractivity contribution is 5.46. The van der Waals surface area contributed by atoms with Gasteiger partial charge >= 0.3 is 0 Å². The van der Waals surface area contributed by atoms with Crippen LogP contribution in [0, 0.1) is 11.7 Å². The van der Waals surface area contributed by atoms with Crippen LogP contribution in [0.1, 0.15) is 19.8 Å². The summed E-state index contributed by atoms with van der Waals surface area (Å²) in [5.41, 5.74) is 0.849. The van der Waals surface area contributed by atoms with Crippen molar-refractivity contribution in [3.8, 4) is 0 Å². The van der Waals surface area contributed by atoms with Gasteiger partial charge in [-0.15, -0.1) is 0 Å².